The van der Waals surface area contributed by atoms with Gasteiger partial charge < -0.3 is 10.1 Å². The highest BCUT2D eigenvalue weighted by Gasteiger charge is 2.16. The minimum atomic E-state index is 0.452. The first kappa shape index (κ1) is 8.51. The van der Waals surface area contributed by atoms with E-state index in [1.165, 1.54) is 12.8 Å². The lowest BCUT2D eigenvalue weighted by Gasteiger charge is -2.05. The normalized spacial score (nSPS) is 23.4. The summed E-state index contributed by atoms with van der Waals surface area (Å²) in [6, 6.07) is 2.12. The van der Waals surface area contributed by atoms with Crippen molar-refractivity contribution in [1.29, 1.82) is 5.26 Å². The van der Waals surface area contributed by atoms with Gasteiger partial charge in [0.1, 0.15) is 12.6 Å². The summed E-state index contributed by atoms with van der Waals surface area (Å²) in [5.74, 6) is 0. The van der Waals surface area contributed by atoms with E-state index in [-0.39, 0.29) is 0 Å². The molecule has 0 unspecified atom stereocenters. The molecule has 0 aromatic heterocycles. The van der Waals surface area contributed by atoms with E-state index in [0.29, 0.717) is 12.5 Å². The number of rotatable bonds is 4. The fraction of sp³-hybridized carbons (Fsp3) is 0.875. The molecule has 0 radical (unpaired) electrons. The van der Waals surface area contributed by atoms with Gasteiger partial charge in [-0.3, -0.25) is 0 Å². The van der Waals surface area contributed by atoms with Gasteiger partial charge in [0.2, 0.25) is 0 Å². The van der Waals surface area contributed by atoms with Crippen LogP contribution >= 0.6 is 0 Å². The van der Waals surface area contributed by atoms with Crippen molar-refractivity contribution in [1.82, 2.24) is 0 Å². The summed E-state index contributed by atoms with van der Waals surface area (Å²) < 4.78 is 5.42. The van der Waals surface area contributed by atoms with E-state index >= 15 is 0 Å². The molecule has 0 amide bonds. The number of hydrogen-bond donors (Lipinski definition) is 1. The minimum Gasteiger partial charge on any atom is -0.372 e. The van der Waals surface area contributed by atoms with Crippen molar-refractivity contribution >= 4 is 0 Å². The van der Waals surface area contributed by atoms with Crippen molar-refractivity contribution in [2.24, 2.45) is 0 Å². The molecule has 1 saturated heterocycles. The quantitative estimate of drug-likeness (QED) is 0.564. The van der Waals surface area contributed by atoms with E-state index in [1.54, 1.807) is 0 Å². The fourth-order valence-corrected chi connectivity index (χ4v) is 1.30. The maximum atomic E-state index is 8.26. The Morgan fingerprint density at radius 3 is 3.18 bits per heavy atom. The molecule has 1 heterocycles. The maximum Gasteiger partial charge on any atom is 0.106 e. The summed E-state index contributed by atoms with van der Waals surface area (Å²) >= 11 is 0. The first-order valence-electron chi connectivity index (χ1n) is 4.23. The van der Waals surface area contributed by atoms with Crippen LogP contribution in [-0.4, -0.2) is 25.8 Å². The lowest BCUT2D eigenvalue weighted by Crippen LogP contribution is -2.86. The first-order chi connectivity index (χ1) is 5.43. The molecule has 1 aliphatic heterocycles. The zero-order valence-electron chi connectivity index (χ0n) is 6.75. The number of hydrogen-bond acceptors (Lipinski definition) is 2. The summed E-state index contributed by atoms with van der Waals surface area (Å²) in [7, 11) is 0. The van der Waals surface area contributed by atoms with E-state index in [1.807, 2.05) is 0 Å². The van der Waals surface area contributed by atoms with Gasteiger partial charge in [0, 0.05) is 6.61 Å². The van der Waals surface area contributed by atoms with Gasteiger partial charge >= 0.3 is 0 Å². The Morgan fingerprint density at radius 2 is 2.55 bits per heavy atom. The number of nitriles is 1. The molecule has 3 heteroatoms. The molecule has 0 bridgehead atoms. The standard InChI is InChI=1S/C8H14N2O/c9-4-2-5-10-7-8-3-1-6-11-8/h8,10H,1-3,5-7H2/p+1/t8-/m0/s1. The van der Waals surface area contributed by atoms with Crippen LogP contribution in [0.3, 0.4) is 0 Å². The number of quaternary nitrogens is 1. The Bertz CT molecular complexity index is 136. The fourth-order valence-electron chi connectivity index (χ4n) is 1.30. The topological polar surface area (TPSA) is 49.6 Å². The highest BCUT2D eigenvalue weighted by atomic mass is 16.5. The third kappa shape index (κ3) is 3.35. The average molecular weight is 155 g/mol. The van der Waals surface area contributed by atoms with Crippen LogP contribution in [0.25, 0.3) is 0 Å². The predicted octanol–water partition coefficient (Wildman–Crippen LogP) is -0.358. The van der Waals surface area contributed by atoms with Gasteiger partial charge in [0.15, 0.2) is 0 Å². The SMILES string of the molecule is N#CCC[NH2+]C[C@@H]1CCCO1. The molecule has 0 spiro atoms. The monoisotopic (exact) mass is 155 g/mol. The molecule has 1 atom stereocenters. The van der Waals surface area contributed by atoms with E-state index in [2.05, 4.69) is 11.4 Å². The second-order valence-corrected chi connectivity index (χ2v) is 2.86. The highest BCUT2D eigenvalue weighted by Crippen LogP contribution is 2.08. The molecule has 62 valence electrons. The lowest BCUT2D eigenvalue weighted by atomic mass is 10.2. The zero-order chi connectivity index (χ0) is 7.94. The van der Waals surface area contributed by atoms with Gasteiger partial charge in [-0.1, -0.05) is 0 Å². The van der Waals surface area contributed by atoms with Gasteiger partial charge in [0.05, 0.1) is 19.0 Å². The number of nitrogens with two attached hydrogens (primary N) is 1. The van der Waals surface area contributed by atoms with Crippen LogP contribution in [0.2, 0.25) is 0 Å². The Kier molecular flexibility index (Phi) is 3.95. The molecule has 0 aromatic carbocycles. The molecular formula is C8H15N2O+. The predicted molar refractivity (Wildman–Crippen MR) is 40.9 cm³/mol. The summed E-state index contributed by atoms with van der Waals surface area (Å²) in [6.45, 7) is 2.87. The minimum absolute atomic E-state index is 0.452. The second-order valence-electron chi connectivity index (χ2n) is 2.86. The van der Waals surface area contributed by atoms with Crippen molar-refractivity contribution < 1.29 is 10.1 Å². The van der Waals surface area contributed by atoms with Crippen LogP contribution in [0.5, 0.6) is 0 Å². The Labute approximate surface area is 67.3 Å². The molecular weight excluding hydrogens is 140 g/mol. The molecule has 11 heavy (non-hydrogen) atoms. The highest BCUT2D eigenvalue weighted by molar-refractivity contribution is 4.66. The maximum absolute atomic E-state index is 8.26. The molecule has 1 rings (SSSR count). The van der Waals surface area contributed by atoms with E-state index in [9.17, 15) is 0 Å². The molecule has 0 aliphatic carbocycles. The van der Waals surface area contributed by atoms with Crippen molar-refractivity contribution in [2.45, 2.75) is 25.4 Å². The third-order valence-corrected chi connectivity index (χ3v) is 1.91. The van der Waals surface area contributed by atoms with Crippen LogP contribution < -0.4 is 5.32 Å². The zero-order valence-corrected chi connectivity index (χ0v) is 6.75. The van der Waals surface area contributed by atoms with Crippen LogP contribution in [0.15, 0.2) is 0 Å². The largest absolute Gasteiger partial charge is 0.372 e. The smallest absolute Gasteiger partial charge is 0.106 e. The van der Waals surface area contributed by atoms with Crippen molar-refractivity contribution in [3.05, 3.63) is 0 Å². The van der Waals surface area contributed by atoms with Gasteiger partial charge in [-0.2, -0.15) is 5.26 Å². The van der Waals surface area contributed by atoms with Gasteiger partial charge in [-0.15, -0.1) is 0 Å². The Balaban J connectivity index is 1.90. The van der Waals surface area contributed by atoms with Gasteiger partial charge in [-0.25, -0.2) is 0 Å². The van der Waals surface area contributed by atoms with E-state index < -0.39 is 0 Å². The Hall–Kier alpha value is -0.590. The summed E-state index contributed by atoms with van der Waals surface area (Å²) in [5.41, 5.74) is 0. The summed E-state index contributed by atoms with van der Waals surface area (Å²) in [4.78, 5) is 0. The van der Waals surface area contributed by atoms with Crippen LogP contribution in [-0.2, 0) is 4.74 Å². The Morgan fingerprint density at radius 1 is 1.64 bits per heavy atom. The molecule has 0 aromatic rings. The lowest BCUT2D eigenvalue weighted by molar-refractivity contribution is -0.659. The molecule has 3 nitrogen and oxygen atoms in total. The van der Waals surface area contributed by atoms with Crippen LogP contribution in [0, 0.1) is 11.3 Å². The van der Waals surface area contributed by atoms with E-state index in [4.69, 9.17) is 10.00 Å². The van der Waals surface area contributed by atoms with Crippen LogP contribution in [0.4, 0.5) is 0 Å². The molecule has 1 aliphatic rings. The van der Waals surface area contributed by atoms with Crippen LogP contribution in [0.1, 0.15) is 19.3 Å². The molecule has 1 fully saturated rings. The number of nitrogens with zero attached hydrogens (tertiary/aromatic N) is 1. The number of ether oxygens (including phenoxy) is 1. The van der Waals surface area contributed by atoms with Crippen molar-refractivity contribution in [2.75, 3.05) is 19.7 Å². The molecule has 0 saturated carbocycles. The first-order valence-corrected chi connectivity index (χ1v) is 4.23. The second kappa shape index (κ2) is 5.11. The van der Waals surface area contributed by atoms with E-state index in [0.717, 1.165) is 19.7 Å². The van der Waals surface area contributed by atoms with Gasteiger partial charge in [-0.05, 0) is 12.8 Å². The third-order valence-electron chi connectivity index (χ3n) is 1.91. The average Bonchev–Trinajstić information content (AvgIpc) is 2.50. The molecule has 2 N–H and O–H groups in total. The summed E-state index contributed by atoms with van der Waals surface area (Å²) in [6.07, 6.45) is 3.50. The van der Waals surface area contributed by atoms with Crippen molar-refractivity contribution in [3.8, 4) is 6.07 Å². The van der Waals surface area contributed by atoms with Gasteiger partial charge in [0.25, 0.3) is 0 Å². The summed E-state index contributed by atoms with van der Waals surface area (Å²) in [5, 5.41) is 10.4. The van der Waals surface area contributed by atoms with Crippen molar-refractivity contribution in [3.63, 3.8) is 0 Å².